The fraction of sp³-hybridized carbons (Fsp3) is 0.412. The third-order valence-electron chi connectivity index (χ3n) is 4.66. The summed E-state index contributed by atoms with van der Waals surface area (Å²) in [5.74, 6) is 0.329. The number of Topliss-reactive ketones (excluding diaryl/α,β-unsaturated/α-hetero) is 1. The zero-order valence-corrected chi connectivity index (χ0v) is 13.4. The van der Waals surface area contributed by atoms with Gasteiger partial charge in [0.2, 0.25) is 0 Å². The predicted molar refractivity (Wildman–Crippen MR) is 88.8 cm³/mol. The lowest BCUT2D eigenvalue weighted by atomic mass is 9.75. The van der Waals surface area contributed by atoms with Crippen molar-refractivity contribution < 1.29 is 4.79 Å². The normalized spacial score (nSPS) is 29.7. The van der Waals surface area contributed by atoms with E-state index < -0.39 is 5.54 Å². The highest BCUT2D eigenvalue weighted by Crippen LogP contribution is 2.44. The molecule has 2 heterocycles. The zero-order chi connectivity index (χ0) is 15.2. The number of rotatable bonds is 2. The van der Waals surface area contributed by atoms with Crippen LogP contribution in [0.4, 0.5) is 0 Å². The van der Waals surface area contributed by atoms with Crippen molar-refractivity contribution in [1.82, 2.24) is 0 Å². The predicted octanol–water partition coefficient (Wildman–Crippen LogP) is 3.72. The largest absolute Gasteiger partial charge is 0.387 e. The first-order valence-corrected chi connectivity index (χ1v) is 8.17. The molecule has 1 aromatic carbocycles. The zero-order valence-electron chi connectivity index (χ0n) is 12.6. The summed E-state index contributed by atoms with van der Waals surface area (Å²) in [6, 6.07) is 10.4. The maximum atomic E-state index is 12.6. The second-order valence-electron chi connectivity index (χ2n) is 5.92. The average molecular weight is 300 g/mol. The Morgan fingerprint density at radius 2 is 2.10 bits per heavy atom. The monoisotopic (exact) mass is 300 g/mol. The summed E-state index contributed by atoms with van der Waals surface area (Å²) < 4.78 is 1.22. The highest BCUT2D eigenvalue weighted by molar-refractivity contribution is 7.19. The molecule has 0 aliphatic carbocycles. The molecule has 3 rings (SSSR count). The fourth-order valence-electron chi connectivity index (χ4n) is 3.08. The SMILES string of the molecule is CCC1C(=O)[C@H](C)[C@@](C)(c2cc3ccccc3s2)N=C1N. The number of nitrogens with two attached hydrogens (primary N) is 1. The van der Waals surface area contributed by atoms with Gasteiger partial charge in [0.15, 0.2) is 0 Å². The van der Waals surface area contributed by atoms with Crippen LogP contribution in [-0.2, 0) is 10.3 Å². The van der Waals surface area contributed by atoms with Gasteiger partial charge in [-0.1, -0.05) is 32.0 Å². The number of hydrogen-bond acceptors (Lipinski definition) is 4. The van der Waals surface area contributed by atoms with Crippen LogP contribution in [0.3, 0.4) is 0 Å². The van der Waals surface area contributed by atoms with E-state index in [1.54, 1.807) is 11.3 Å². The Kier molecular flexibility index (Phi) is 3.36. The second-order valence-corrected chi connectivity index (χ2v) is 7.00. The van der Waals surface area contributed by atoms with E-state index in [1.807, 2.05) is 32.9 Å². The van der Waals surface area contributed by atoms with Crippen LogP contribution in [0, 0.1) is 11.8 Å². The standard InChI is InChI=1S/C17H20N2OS/c1-4-12-15(20)10(2)17(3,19-16(12)18)14-9-11-7-5-6-8-13(11)21-14/h5-10,12H,4H2,1-3H3,(H2,18,19)/t10-,12?,17-/m0/s1. The molecule has 1 aromatic heterocycles. The van der Waals surface area contributed by atoms with Crippen LogP contribution in [0.25, 0.3) is 10.1 Å². The second kappa shape index (κ2) is 4.95. The molecule has 0 fully saturated rings. The van der Waals surface area contributed by atoms with Crippen LogP contribution >= 0.6 is 11.3 Å². The fourth-order valence-corrected chi connectivity index (χ4v) is 4.32. The molecule has 0 saturated carbocycles. The van der Waals surface area contributed by atoms with Gasteiger partial charge >= 0.3 is 0 Å². The van der Waals surface area contributed by atoms with Crippen LogP contribution in [0.5, 0.6) is 0 Å². The third-order valence-corrected chi connectivity index (χ3v) is 6.01. The van der Waals surface area contributed by atoms with E-state index in [1.165, 1.54) is 10.1 Å². The highest BCUT2D eigenvalue weighted by atomic mass is 32.1. The van der Waals surface area contributed by atoms with Crippen LogP contribution in [-0.4, -0.2) is 11.6 Å². The van der Waals surface area contributed by atoms with Crippen molar-refractivity contribution in [3.05, 3.63) is 35.2 Å². The Labute approximate surface area is 128 Å². The lowest BCUT2D eigenvalue weighted by Crippen LogP contribution is -2.47. The van der Waals surface area contributed by atoms with Gasteiger partial charge in [0, 0.05) is 15.5 Å². The quantitative estimate of drug-likeness (QED) is 0.919. The first-order chi connectivity index (χ1) is 9.97. The van der Waals surface area contributed by atoms with Crippen LogP contribution in [0.1, 0.15) is 32.1 Å². The van der Waals surface area contributed by atoms with Crippen molar-refractivity contribution in [2.45, 2.75) is 32.7 Å². The first kappa shape index (κ1) is 14.3. The molecule has 0 amide bonds. The van der Waals surface area contributed by atoms with E-state index in [4.69, 9.17) is 10.7 Å². The molecule has 0 radical (unpaired) electrons. The Morgan fingerprint density at radius 1 is 1.38 bits per heavy atom. The van der Waals surface area contributed by atoms with Crippen molar-refractivity contribution in [3.63, 3.8) is 0 Å². The van der Waals surface area contributed by atoms with Gasteiger partial charge in [-0.2, -0.15) is 0 Å². The topological polar surface area (TPSA) is 55.5 Å². The van der Waals surface area contributed by atoms with Gasteiger partial charge in [0.1, 0.15) is 17.2 Å². The summed E-state index contributed by atoms with van der Waals surface area (Å²) in [4.78, 5) is 18.5. The maximum Gasteiger partial charge on any atom is 0.149 e. The number of amidine groups is 1. The van der Waals surface area contributed by atoms with Crippen LogP contribution in [0.2, 0.25) is 0 Å². The number of nitrogens with zero attached hydrogens (tertiary/aromatic N) is 1. The molecule has 21 heavy (non-hydrogen) atoms. The molecule has 3 nitrogen and oxygen atoms in total. The number of aliphatic imine (C=N–C) groups is 1. The lowest BCUT2D eigenvalue weighted by Gasteiger charge is -2.37. The number of thiophene rings is 1. The van der Waals surface area contributed by atoms with Gasteiger partial charge in [-0.15, -0.1) is 11.3 Å². The summed E-state index contributed by atoms with van der Waals surface area (Å²) in [5.41, 5.74) is 5.54. The number of ketones is 1. The van der Waals surface area contributed by atoms with Gasteiger partial charge in [-0.05, 0) is 30.9 Å². The van der Waals surface area contributed by atoms with Gasteiger partial charge in [-0.3, -0.25) is 9.79 Å². The Morgan fingerprint density at radius 3 is 2.76 bits per heavy atom. The first-order valence-electron chi connectivity index (χ1n) is 7.35. The molecule has 3 atom stereocenters. The summed E-state index contributed by atoms with van der Waals surface area (Å²) in [6.07, 6.45) is 0.723. The number of hydrogen-bond donors (Lipinski definition) is 1. The highest BCUT2D eigenvalue weighted by Gasteiger charge is 2.45. The van der Waals surface area contributed by atoms with E-state index in [0.717, 1.165) is 11.3 Å². The molecule has 0 saturated heterocycles. The molecule has 1 aliphatic heterocycles. The smallest absolute Gasteiger partial charge is 0.149 e. The molecule has 110 valence electrons. The van der Waals surface area contributed by atoms with E-state index in [-0.39, 0.29) is 17.6 Å². The minimum absolute atomic E-state index is 0.150. The van der Waals surface area contributed by atoms with Gasteiger partial charge < -0.3 is 5.73 Å². The molecule has 2 N–H and O–H groups in total. The van der Waals surface area contributed by atoms with Crippen molar-refractivity contribution in [2.75, 3.05) is 0 Å². The van der Waals surface area contributed by atoms with Gasteiger partial charge in [0.05, 0.1) is 5.92 Å². The van der Waals surface area contributed by atoms with Gasteiger partial charge in [0.25, 0.3) is 0 Å². The molecule has 1 aliphatic rings. The van der Waals surface area contributed by atoms with Crippen LogP contribution < -0.4 is 5.73 Å². The summed E-state index contributed by atoms with van der Waals surface area (Å²) >= 11 is 1.70. The van der Waals surface area contributed by atoms with E-state index in [2.05, 4.69) is 18.2 Å². The van der Waals surface area contributed by atoms with E-state index in [0.29, 0.717) is 5.84 Å². The summed E-state index contributed by atoms with van der Waals surface area (Å²) in [6.45, 7) is 5.99. The molecule has 0 spiro atoms. The molecule has 2 aromatic rings. The Bertz CT molecular complexity index is 700. The molecular weight excluding hydrogens is 280 g/mol. The van der Waals surface area contributed by atoms with Crippen molar-refractivity contribution in [3.8, 4) is 0 Å². The molecular formula is C17H20N2OS. The summed E-state index contributed by atoms with van der Waals surface area (Å²) in [5, 5.41) is 1.20. The van der Waals surface area contributed by atoms with E-state index >= 15 is 0 Å². The number of fused-ring (bicyclic) bond motifs is 1. The molecule has 1 unspecified atom stereocenters. The minimum atomic E-state index is -0.545. The van der Waals surface area contributed by atoms with Crippen molar-refractivity contribution in [1.29, 1.82) is 0 Å². The Balaban J connectivity index is 2.14. The maximum absolute atomic E-state index is 12.6. The lowest BCUT2D eigenvalue weighted by molar-refractivity contribution is -0.127. The average Bonchev–Trinajstić information content (AvgIpc) is 2.90. The number of benzene rings is 1. The Hall–Kier alpha value is -1.68. The van der Waals surface area contributed by atoms with Gasteiger partial charge in [-0.25, -0.2) is 0 Å². The van der Waals surface area contributed by atoms with Crippen LogP contribution in [0.15, 0.2) is 35.3 Å². The number of carbonyl (C=O) groups excluding carboxylic acids is 1. The minimum Gasteiger partial charge on any atom is -0.387 e. The third kappa shape index (κ3) is 2.09. The number of carbonyl (C=O) groups is 1. The summed E-state index contributed by atoms with van der Waals surface area (Å²) in [7, 11) is 0. The van der Waals surface area contributed by atoms with E-state index in [9.17, 15) is 4.79 Å². The van der Waals surface area contributed by atoms with Crippen molar-refractivity contribution >= 4 is 33.0 Å². The molecule has 0 bridgehead atoms. The molecule has 4 heteroatoms. The van der Waals surface area contributed by atoms with Crippen molar-refractivity contribution in [2.24, 2.45) is 22.6 Å².